The lowest BCUT2D eigenvalue weighted by Crippen LogP contribution is -2.32. The third-order valence-corrected chi connectivity index (χ3v) is 4.69. The lowest BCUT2D eigenvalue weighted by atomic mass is 9.89. The van der Waals surface area contributed by atoms with E-state index in [2.05, 4.69) is 70.4 Å². The molecule has 2 nitrogen and oxygen atoms in total. The number of rotatable bonds is 7. The van der Waals surface area contributed by atoms with Crippen molar-refractivity contribution >= 4 is 16.9 Å². The highest BCUT2D eigenvalue weighted by atomic mass is 15.0. The Kier molecular flexibility index (Phi) is 5.78. The second-order valence-corrected chi connectivity index (χ2v) is 7.78. The number of fused-ring (bicyclic) bond motifs is 1. The Morgan fingerprint density at radius 2 is 1.87 bits per heavy atom. The maximum absolute atomic E-state index is 3.70. The average Bonchev–Trinajstić information content (AvgIpc) is 2.44. The van der Waals surface area contributed by atoms with Crippen molar-refractivity contribution in [2.45, 2.75) is 85.2 Å². The molecule has 1 aromatic rings. The molecule has 0 aliphatic carbocycles. The van der Waals surface area contributed by atoms with E-state index < -0.39 is 0 Å². The van der Waals surface area contributed by atoms with E-state index in [1.165, 1.54) is 60.2 Å². The summed E-state index contributed by atoms with van der Waals surface area (Å²) in [5, 5.41) is 7.36. The van der Waals surface area contributed by atoms with Crippen molar-refractivity contribution in [2.75, 3.05) is 10.6 Å². The molecule has 0 bridgehead atoms. The summed E-state index contributed by atoms with van der Waals surface area (Å²) >= 11 is 0. The van der Waals surface area contributed by atoms with Crippen LogP contribution in [0.4, 0.5) is 11.4 Å². The van der Waals surface area contributed by atoms with Gasteiger partial charge in [-0.1, -0.05) is 38.7 Å². The maximum Gasteiger partial charge on any atom is 0.0506 e. The Bertz CT molecular complexity index is 569. The van der Waals surface area contributed by atoms with Gasteiger partial charge in [-0.3, -0.25) is 0 Å². The number of benzene rings is 1. The summed E-state index contributed by atoms with van der Waals surface area (Å²) in [4.78, 5) is 0. The minimum Gasteiger partial charge on any atom is -0.383 e. The van der Waals surface area contributed by atoms with Crippen LogP contribution < -0.4 is 10.6 Å². The largest absolute Gasteiger partial charge is 0.383 e. The predicted octanol–water partition coefficient (Wildman–Crippen LogP) is 6.37. The zero-order valence-corrected chi connectivity index (χ0v) is 15.8. The van der Waals surface area contributed by atoms with Crippen LogP contribution in [0.2, 0.25) is 0 Å². The maximum atomic E-state index is 3.70. The van der Waals surface area contributed by atoms with Crippen LogP contribution in [0.15, 0.2) is 18.2 Å². The van der Waals surface area contributed by atoms with Crippen LogP contribution in [0.1, 0.15) is 77.8 Å². The minimum absolute atomic E-state index is 0.0311. The zero-order chi connectivity index (χ0) is 17.0. The molecular formula is C21H34N2. The van der Waals surface area contributed by atoms with Gasteiger partial charge in [0.2, 0.25) is 0 Å². The molecule has 2 rings (SSSR count). The van der Waals surface area contributed by atoms with Gasteiger partial charge in [-0.25, -0.2) is 0 Å². The third-order valence-electron chi connectivity index (χ3n) is 4.69. The van der Waals surface area contributed by atoms with Gasteiger partial charge in [-0.05, 0) is 64.3 Å². The smallest absolute Gasteiger partial charge is 0.0506 e. The first kappa shape index (κ1) is 17.9. The normalized spacial score (nSPS) is 17.0. The van der Waals surface area contributed by atoms with Crippen molar-refractivity contribution in [3.63, 3.8) is 0 Å². The third kappa shape index (κ3) is 4.76. The van der Waals surface area contributed by atoms with Gasteiger partial charge < -0.3 is 10.6 Å². The first-order valence-corrected chi connectivity index (χ1v) is 9.21. The molecule has 128 valence electrons. The van der Waals surface area contributed by atoms with Crippen molar-refractivity contribution < 1.29 is 0 Å². The quantitative estimate of drug-likeness (QED) is 0.571. The van der Waals surface area contributed by atoms with E-state index in [9.17, 15) is 0 Å². The van der Waals surface area contributed by atoms with Crippen LogP contribution in [0.5, 0.6) is 0 Å². The Hall–Kier alpha value is -1.44. The first-order valence-electron chi connectivity index (χ1n) is 9.21. The highest BCUT2D eigenvalue weighted by Gasteiger charge is 2.24. The second-order valence-electron chi connectivity index (χ2n) is 7.78. The molecule has 23 heavy (non-hydrogen) atoms. The van der Waals surface area contributed by atoms with Gasteiger partial charge in [0.15, 0.2) is 0 Å². The van der Waals surface area contributed by atoms with Gasteiger partial charge in [-0.15, -0.1) is 0 Å². The molecule has 0 aromatic heterocycles. The fourth-order valence-electron chi connectivity index (χ4n) is 3.56. The monoisotopic (exact) mass is 314 g/mol. The van der Waals surface area contributed by atoms with E-state index in [0.717, 1.165) is 0 Å². The zero-order valence-electron chi connectivity index (χ0n) is 15.8. The summed E-state index contributed by atoms with van der Waals surface area (Å²) in [5.41, 5.74) is 6.60. The summed E-state index contributed by atoms with van der Waals surface area (Å²) in [7, 11) is 0. The second kappa shape index (κ2) is 7.42. The van der Waals surface area contributed by atoms with Gasteiger partial charge >= 0.3 is 0 Å². The number of anilines is 2. The van der Waals surface area contributed by atoms with Gasteiger partial charge in [0.1, 0.15) is 0 Å². The SMILES string of the molecule is CCCCCCC(C)Nc1cc(C)c2c(c1)C(C)=CC(C)(C)N2. The van der Waals surface area contributed by atoms with Crippen molar-refractivity contribution in [1.82, 2.24) is 0 Å². The standard InChI is InChI=1S/C21H34N2/c1-7-8-9-10-11-17(4)22-18-12-15(2)20-19(13-18)16(3)14-21(5,6)23-20/h12-14,17,22-23H,7-11H2,1-6H3. The van der Waals surface area contributed by atoms with Crippen LogP contribution in [0.3, 0.4) is 0 Å². The summed E-state index contributed by atoms with van der Waals surface area (Å²) in [6.45, 7) is 13.4. The summed E-state index contributed by atoms with van der Waals surface area (Å²) < 4.78 is 0. The highest BCUT2D eigenvalue weighted by molar-refractivity contribution is 5.84. The van der Waals surface area contributed by atoms with E-state index >= 15 is 0 Å². The molecular weight excluding hydrogens is 280 g/mol. The average molecular weight is 315 g/mol. The first-order chi connectivity index (χ1) is 10.8. The molecule has 1 heterocycles. The van der Waals surface area contributed by atoms with E-state index in [1.54, 1.807) is 0 Å². The van der Waals surface area contributed by atoms with Gasteiger partial charge in [0.05, 0.1) is 5.54 Å². The molecule has 0 spiro atoms. The van der Waals surface area contributed by atoms with Gasteiger partial charge in [0.25, 0.3) is 0 Å². The lowest BCUT2D eigenvalue weighted by Gasteiger charge is -2.33. The van der Waals surface area contributed by atoms with Crippen LogP contribution in [0, 0.1) is 6.92 Å². The number of aryl methyl sites for hydroxylation is 1. The van der Waals surface area contributed by atoms with Gasteiger partial charge in [0, 0.05) is 23.0 Å². The highest BCUT2D eigenvalue weighted by Crippen LogP contribution is 2.37. The molecule has 0 fully saturated rings. The lowest BCUT2D eigenvalue weighted by molar-refractivity contribution is 0.594. The van der Waals surface area contributed by atoms with E-state index in [1.807, 2.05) is 0 Å². The molecule has 0 saturated heterocycles. The molecule has 2 N–H and O–H groups in total. The summed E-state index contributed by atoms with van der Waals surface area (Å²) in [5.74, 6) is 0. The Morgan fingerprint density at radius 3 is 2.57 bits per heavy atom. The Labute approximate surface area is 142 Å². The summed E-state index contributed by atoms with van der Waals surface area (Å²) in [6, 6.07) is 5.11. The van der Waals surface area contributed by atoms with E-state index in [4.69, 9.17) is 0 Å². The minimum atomic E-state index is 0.0311. The molecule has 2 heteroatoms. The number of hydrogen-bond donors (Lipinski definition) is 2. The molecule has 1 aliphatic heterocycles. The number of nitrogens with one attached hydrogen (secondary N) is 2. The van der Waals surface area contributed by atoms with Crippen LogP contribution >= 0.6 is 0 Å². The number of unbranched alkanes of at least 4 members (excludes halogenated alkanes) is 3. The molecule has 1 aromatic carbocycles. The molecule has 1 atom stereocenters. The number of hydrogen-bond acceptors (Lipinski definition) is 2. The van der Waals surface area contributed by atoms with Crippen molar-refractivity contribution in [2.24, 2.45) is 0 Å². The topological polar surface area (TPSA) is 24.1 Å². The fourth-order valence-corrected chi connectivity index (χ4v) is 3.56. The Morgan fingerprint density at radius 1 is 1.13 bits per heavy atom. The molecule has 0 radical (unpaired) electrons. The van der Waals surface area contributed by atoms with E-state index in [0.29, 0.717) is 6.04 Å². The summed E-state index contributed by atoms with van der Waals surface area (Å²) in [6.07, 6.45) is 8.91. The Balaban J connectivity index is 2.08. The van der Waals surface area contributed by atoms with Crippen LogP contribution in [0.25, 0.3) is 5.57 Å². The molecule has 1 aliphatic rings. The number of allylic oxidation sites excluding steroid dienone is 1. The fraction of sp³-hybridized carbons (Fsp3) is 0.619. The van der Waals surface area contributed by atoms with Crippen LogP contribution in [-0.2, 0) is 0 Å². The molecule has 0 saturated carbocycles. The molecule has 0 amide bonds. The predicted molar refractivity (Wildman–Crippen MR) is 104 cm³/mol. The van der Waals surface area contributed by atoms with Crippen molar-refractivity contribution in [3.8, 4) is 0 Å². The van der Waals surface area contributed by atoms with Gasteiger partial charge in [-0.2, -0.15) is 0 Å². The van der Waals surface area contributed by atoms with Crippen LogP contribution in [-0.4, -0.2) is 11.6 Å². The molecule has 1 unspecified atom stereocenters. The van der Waals surface area contributed by atoms with E-state index in [-0.39, 0.29) is 5.54 Å². The van der Waals surface area contributed by atoms with Crippen molar-refractivity contribution in [3.05, 3.63) is 29.3 Å². The van der Waals surface area contributed by atoms with Crippen molar-refractivity contribution in [1.29, 1.82) is 0 Å².